The number of benzene rings is 1. The van der Waals surface area contributed by atoms with Crippen molar-refractivity contribution in [1.29, 1.82) is 0 Å². The molecule has 0 aliphatic carbocycles. The van der Waals surface area contributed by atoms with E-state index in [-0.39, 0.29) is 23.4 Å². The highest BCUT2D eigenvalue weighted by Crippen LogP contribution is 2.26. The van der Waals surface area contributed by atoms with E-state index in [4.69, 9.17) is 15.2 Å². The highest BCUT2D eigenvalue weighted by atomic mass is 16.5. The Labute approximate surface area is 147 Å². The first-order chi connectivity index (χ1) is 12.1. The summed E-state index contributed by atoms with van der Waals surface area (Å²) in [4.78, 5) is 17.9. The molecule has 1 heterocycles. The number of amidine groups is 1. The normalized spacial score (nSPS) is 18.8. The zero-order chi connectivity index (χ0) is 18.2. The number of aromatic hydroxyl groups is 1. The highest BCUT2D eigenvalue weighted by molar-refractivity contribution is 5.93. The van der Waals surface area contributed by atoms with Crippen LogP contribution in [0.1, 0.15) is 24.2 Å². The third-order valence-corrected chi connectivity index (χ3v) is 3.75. The fraction of sp³-hybridized carbons (Fsp3) is 0.444. The molecular weight excluding hydrogens is 322 g/mol. The van der Waals surface area contributed by atoms with Crippen LogP contribution in [0.25, 0.3) is 0 Å². The number of ether oxygens (including phenoxy) is 2. The Morgan fingerprint density at radius 3 is 3.04 bits per heavy atom. The number of hydrogen-bond donors (Lipinski definition) is 2. The first-order valence-corrected chi connectivity index (χ1v) is 8.27. The quantitative estimate of drug-likeness (QED) is 0.460. The van der Waals surface area contributed by atoms with Crippen molar-refractivity contribution in [3.63, 3.8) is 0 Å². The number of nitrogens with two attached hydrogens (primary N) is 1. The van der Waals surface area contributed by atoms with Crippen molar-refractivity contribution in [1.82, 2.24) is 4.90 Å². The zero-order valence-corrected chi connectivity index (χ0v) is 14.6. The molecule has 1 aromatic carbocycles. The minimum absolute atomic E-state index is 0.0794. The number of phenolic OH excluding ortho intramolecular Hbond substituents is 1. The molecule has 1 atom stereocenters. The Morgan fingerprint density at radius 1 is 1.56 bits per heavy atom. The lowest BCUT2D eigenvalue weighted by atomic mass is 10.2. The van der Waals surface area contributed by atoms with Crippen LogP contribution in [0, 0.1) is 0 Å². The van der Waals surface area contributed by atoms with E-state index >= 15 is 0 Å². The molecule has 1 aliphatic rings. The van der Waals surface area contributed by atoms with Crippen LogP contribution in [-0.4, -0.2) is 60.6 Å². The van der Waals surface area contributed by atoms with Gasteiger partial charge in [-0.3, -0.25) is 9.79 Å². The van der Waals surface area contributed by atoms with Gasteiger partial charge < -0.3 is 25.2 Å². The number of carbonyl (C=O) groups excluding carboxylic acids is 1. The van der Waals surface area contributed by atoms with Crippen molar-refractivity contribution in [2.75, 3.05) is 26.4 Å². The van der Waals surface area contributed by atoms with Crippen LogP contribution < -0.4 is 10.5 Å². The number of morpholine rings is 1. The largest absolute Gasteiger partial charge is 0.507 e. The number of aldehydes is 1. The summed E-state index contributed by atoms with van der Waals surface area (Å²) in [6, 6.07) is 4.79. The zero-order valence-electron chi connectivity index (χ0n) is 14.6. The van der Waals surface area contributed by atoms with Gasteiger partial charge in [0.25, 0.3) is 0 Å². The molecule has 3 N–H and O–H groups in total. The number of nitrogens with zero attached hydrogens (tertiary/aromatic N) is 2. The van der Waals surface area contributed by atoms with Gasteiger partial charge in [-0.15, -0.1) is 0 Å². The third kappa shape index (κ3) is 4.96. The second kappa shape index (κ2) is 9.08. The van der Waals surface area contributed by atoms with Gasteiger partial charge in [0.05, 0.1) is 24.8 Å². The van der Waals surface area contributed by atoms with E-state index in [1.54, 1.807) is 18.2 Å². The fourth-order valence-corrected chi connectivity index (χ4v) is 2.62. The number of rotatable bonds is 6. The number of hydrogen-bond acceptors (Lipinski definition) is 6. The van der Waals surface area contributed by atoms with E-state index in [1.165, 1.54) is 12.3 Å². The van der Waals surface area contributed by atoms with Crippen molar-refractivity contribution in [3.05, 3.63) is 36.0 Å². The molecule has 7 heteroatoms. The summed E-state index contributed by atoms with van der Waals surface area (Å²) >= 11 is 0. The minimum atomic E-state index is -0.0997. The molecule has 0 saturated carbocycles. The lowest BCUT2D eigenvalue weighted by Crippen LogP contribution is -2.51. The summed E-state index contributed by atoms with van der Waals surface area (Å²) in [5.74, 6) is 1.02. The van der Waals surface area contributed by atoms with Crippen molar-refractivity contribution in [3.8, 4) is 11.5 Å². The minimum Gasteiger partial charge on any atom is -0.507 e. The van der Waals surface area contributed by atoms with Crippen LogP contribution in [0.2, 0.25) is 0 Å². The second-order valence-electron chi connectivity index (χ2n) is 5.98. The number of phenols is 1. The van der Waals surface area contributed by atoms with Gasteiger partial charge in [-0.2, -0.15) is 0 Å². The molecule has 1 aromatic rings. The molecule has 0 radical (unpaired) electrons. The van der Waals surface area contributed by atoms with Crippen LogP contribution in [0.3, 0.4) is 0 Å². The number of carbonyl (C=O) groups is 1. The Bertz CT molecular complexity index is 643. The van der Waals surface area contributed by atoms with Crippen LogP contribution in [0.5, 0.6) is 11.5 Å². The highest BCUT2D eigenvalue weighted by Gasteiger charge is 2.26. The molecule has 2 rings (SSSR count). The molecular formula is C18H25N3O4. The molecule has 25 heavy (non-hydrogen) atoms. The molecule has 0 aromatic heterocycles. The van der Waals surface area contributed by atoms with E-state index < -0.39 is 0 Å². The van der Waals surface area contributed by atoms with Gasteiger partial charge in [0.2, 0.25) is 0 Å². The van der Waals surface area contributed by atoms with E-state index in [9.17, 15) is 9.90 Å². The Morgan fingerprint density at radius 2 is 2.36 bits per heavy atom. The average molecular weight is 347 g/mol. The van der Waals surface area contributed by atoms with Crippen LogP contribution >= 0.6 is 0 Å². The standard InChI is InChI=1S/C18H25N3O4/c1-13(2)20-18(6-7-19)21-8-9-24-11-14(21)12-25-17-5-3-4-16(23)15(17)10-22/h3-7,10,13-14,23H,8-9,11-12,19H2,1-2H3/t14-/m0/s1. The monoisotopic (exact) mass is 347 g/mol. The topological polar surface area (TPSA) is 97.4 Å². The average Bonchev–Trinajstić information content (AvgIpc) is 2.59. The first kappa shape index (κ1) is 18.8. The molecule has 1 saturated heterocycles. The fourth-order valence-electron chi connectivity index (χ4n) is 2.62. The van der Waals surface area contributed by atoms with Crippen molar-refractivity contribution in [2.45, 2.75) is 25.9 Å². The van der Waals surface area contributed by atoms with Gasteiger partial charge >= 0.3 is 0 Å². The summed E-state index contributed by atoms with van der Waals surface area (Å²) in [6.45, 7) is 6.03. The molecule has 0 unspecified atom stereocenters. The lowest BCUT2D eigenvalue weighted by Gasteiger charge is -2.37. The molecule has 1 fully saturated rings. The third-order valence-electron chi connectivity index (χ3n) is 3.75. The van der Waals surface area contributed by atoms with E-state index in [0.717, 1.165) is 5.84 Å². The summed E-state index contributed by atoms with van der Waals surface area (Å²) in [7, 11) is 0. The Hall–Kier alpha value is -2.54. The smallest absolute Gasteiger partial charge is 0.157 e. The van der Waals surface area contributed by atoms with Gasteiger partial charge in [-0.1, -0.05) is 6.07 Å². The Kier molecular flexibility index (Phi) is 6.82. The summed E-state index contributed by atoms with van der Waals surface area (Å²) in [5, 5.41) is 9.75. The van der Waals surface area contributed by atoms with Crippen molar-refractivity contribution < 1.29 is 19.4 Å². The summed E-state index contributed by atoms with van der Waals surface area (Å²) < 4.78 is 11.4. The lowest BCUT2D eigenvalue weighted by molar-refractivity contribution is 0.00914. The predicted molar refractivity (Wildman–Crippen MR) is 96.2 cm³/mol. The van der Waals surface area contributed by atoms with Gasteiger partial charge in [0.1, 0.15) is 23.9 Å². The maximum absolute atomic E-state index is 11.2. The Balaban J connectivity index is 2.16. The van der Waals surface area contributed by atoms with Crippen molar-refractivity contribution in [2.24, 2.45) is 10.7 Å². The molecule has 0 amide bonds. The van der Waals surface area contributed by atoms with Crippen LogP contribution in [-0.2, 0) is 4.74 Å². The van der Waals surface area contributed by atoms with Gasteiger partial charge in [0, 0.05) is 12.6 Å². The number of aliphatic imine (C=N–C) groups is 1. The van der Waals surface area contributed by atoms with E-state index in [1.807, 2.05) is 13.8 Å². The second-order valence-corrected chi connectivity index (χ2v) is 5.98. The summed E-state index contributed by atoms with van der Waals surface area (Å²) in [6.07, 6.45) is 3.82. The van der Waals surface area contributed by atoms with Gasteiger partial charge in [-0.05, 0) is 38.3 Å². The van der Waals surface area contributed by atoms with Crippen molar-refractivity contribution >= 4 is 12.1 Å². The van der Waals surface area contributed by atoms with Crippen LogP contribution in [0.4, 0.5) is 0 Å². The molecule has 1 aliphatic heterocycles. The summed E-state index contributed by atoms with van der Waals surface area (Å²) in [5.41, 5.74) is 5.70. The predicted octanol–water partition coefficient (Wildman–Crippen LogP) is 1.56. The molecule has 0 bridgehead atoms. The molecule has 0 spiro atoms. The maximum atomic E-state index is 11.2. The van der Waals surface area contributed by atoms with Crippen LogP contribution in [0.15, 0.2) is 35.5 Å². The molecule has 136 valence electrons. The molecule has 7 nitrogen and oxygen atoms in total. The SMILES string of the molecule is CC(C)N=C(C=CN)N1CCOC[C@H]1COc1cccc(O)c1C=O. The van der Waals surface area contributed by atoms with E-state index in [0.29, 0.717) is 38.4 Å². The maximum Gasteiger partial charge on any atom is 0.157 e. The first-order valence-electron chi connectivity index (χ1n) is 8.27. The van der Waals surface area contributed by atoms with Gasteiger partial charge in [0.15, 0.2) is 6.29 Å². The van der Waals surface area contributed by atoms with Gasteiger partial charge in [-0.25, -0.2) is 0 Å². The van der Waals surface area contributed by atoms with E-state index in [2.05, 4.69) is 9.89 Å².